The van der Waals surface area contributed by atoms with E-state index >= 15 is 0 Å². The normalized spacial score (nSPS) is 14.3. The molecule has 0 saturated heterocycles. The van der Waals surface area contributed by atoms with E-state index in [2.05, 4.69) is 16.0 Å². The first kappa shape index (κ1) is 16.6. The highest BCUT2D eigenvalue weighted by Crippen LogP contribution is 2.45. The number of ether oxygens (including phenoxy) is 1. The van der Waals surface area contributed by atoms with Crippen LogP contribution in [0.5, 0.6) is 11.6 Å². The molecule has 1 fully saturated rings. The second-order valence-corrected chi connectivity index (χ2v) is 6.20. The molecule has 0 atom stereocenters. The van der Waals surface area contributed by atoms with E-state index in [1.165, 1.54) is 11.6 Å². The molecule has 0 spiro atoms. The minimum atomic E-state index is -4.47. The highest BCUT2D eigenvalue weighted by molar-refractivity contribution is 5.73. The Hall–Kier alpha value is -2.89. The summed E-state index contributed by atoms with van der Waals surface area (Å²) in [6.45, 7) is 0. The van der Waals surface area contributed by atoms with E-state index in [-0.39, 0.29) is 5.75 Å². The zero-order valence-electron chi connectivity index (χ0n) is 13.7. The lowest BCUT2D eigenvalue weighted by Gasteiger charge is -2.13. The maximum Gasteiger partial charge on any atom is 0.433 e. The summed E-state index contributed by atoms with van der Waals surface area (Å²) in [5.41, 5.74) is 2.15. The number of alkyl halides is 3. The standard InChI is InChI=1S/C20H15F3N2O/c21-20(22,23)18-10-9-14(12-25-18)26-19-17(6-3-11-24-19)16-5-2-1-4-15(16)13-7-8-13/h1-6,9-13H,7-8H2. The number of pyridine rings is 2. The van der Waals surface area contributed by atoms with Gasteiger partial charge in [0.1, 0.15) is 11.4 Å². The summed E-state index contributed by atoms with van der Waals surface area (Å²) in [5, 5.41) is 0. The predicted octanol–water partition coefficient (Wildman–Crippen LogP) is 5.83. The predicted molar refractivity (Wildman–Crippen MR) is 91.0 cm³/mol. The molecule has 1 aliphatic rings. The van der Waals surface area contributed by atoms with Crippen LogP contribution in [0.15, 0.2) is 60.9 Å². The molecule has 26 heavy (non-hydrogen) atoms. The molecule has 1 aromatic carbocycles. The third kappa shape index (κ3) is 3.40. The third-order valence-corrected chi connectivity index (χ3v) is 4.28. The molecule has 3 aromatic rings. The van der Waals surface area contributed by atoms with Crippen LogP contribution < -0.4 is 4.74 Å². The average molecular weight is 356 g/mol. The van der Waals surface area contributed by atoms with Crippen molar-refractivity contribution in [1.29, 1.82) is 0 Å². The molecule has 132 valence electrons. The monoisotopic (exact) mass is 356 g/mol. The molecule has 0 N–H and O–H groups in total. The Balaban J connectivity index is 1.67. The number of hydrogen-bond acceptors (Lipinski definition) is 3. The first-order valence-electron chi connectivity index (χ1n) is 8.28. The van der Waals surface area contributed by atoms with Crippen LogP contribution in [0.4, 0.5) is 13.2 Å². The van der Waals surface area contributed by atoms with E-state index in [0.717, 1.165) is 36.2 Å². The van der Waals surface area contributed by atoms with Gasteiger partial charge in [-0.25, -0.2) is 9.97 Å². The van der Waals surface area contributed by atoms with E-state index in [0.29, 0.717) is 11.8 Å². The SMILES string of the molecule is FC(F)(F)c1ccc(Oc2ncccc2-c2ccccc2C2CC2)cn1. The van der Waals surface area contributed by atoms with Crippen LogP contribution in [0.25, 0.3) is 11.1 Å². The van der Waals surface area contributed by atoms with Crippen LogP contribution in [-0.2, 0) is 6.18 Å². The van der Waals surface area contributed by atoms with Crippen LogP contribution in [0.3, 0.4) is 0 Å². The van der Waals surface area contributed by atoms with Crippen molar-refractivity contribution in [2.75, 3.05) is 0 Å². The first-order chi connectivity index (χ1) is 12.5. The molecule has 0 bridgehead atoms. The van der Waals surface area contributed by atoms with Gasteiger partial charge in [0.2, 0.25) is 5.88 Å². The molecule has 0 aliphatic heterocycles. The number of hydrogen-bond donors (Lipinski definition) is 0. The zero-order valence-corrected chi connectivity index (χ0v) is 13.7. The van der Waals surface area contributed by atoms with Gasteiger partial charge in [0.25, 0.3) is 0 Å². The molecule has 2 aromatic heterocycles. The molecule has 1 aliphatic carbocycles. The number of benzene rings is 1. The summed E-state index contributed by atoms with van der Waals surface area (Å²) < 4.78 is 43.7. The van der Waals surface area contributed by atoms with Crippen LogP contribution in [0, 0.1) is 0 Å². The quantitative estimate of drug-likeness (QED) is 0.590. The Kier molecular flexibility index (Phi) is 4.11. The van der Waals surface area contributed by atoms with Crippen molar-refractivity contribution in [2.24, 2.45) is 0 Å². The van der Waals surface area contributed by atoms with E-state index in [1.54, 1.807) is 6.20 Å². The molecule has 0 amide bonds. The smallest absolute Gasteiger partial charge is 0.433 e. The van der Waals surface area contributed by atoms with E-state index in [9.17, 15) is 13.2 Å². The fourth-order valence-electron chi connectivity index (χ4n) is 2.89. The number of nitrogens with zero attached hydrogens (tertiary/aromatic N) is 2. The molecule has 0 radical (unpaired) electrons. The Bertz CT molecular complexity index is 919. The molecule has 1 saturated carbocycles. The largest absolute Gasteiger partial charge is 0.437 e. The topological polar surface area (TPSA) is 35.0 Å². The fourth-order valence-corrected chi connectivity index (χ4v) is 2.89. The second kappa shape index (κ2) is 6.44. The van der Waals surface area contributed by atoms with Crippen molar-refractivity contribution in [1.82, 2.24) is 9.97 Å². The zero-order chi connectivity index (χ0) is 18.1. The summed E-state index contributed by atoms with van der Waals surface area (Å²) in [4.78, 5) is 7.70. The summed E-state index contributed by atoms with van der Waals surface area (Å²) in [7, 11) is 0. The lowest BCUT2D eigenvalue weighted by atomic mass is 9.97. The maximum atomic E-state index is 12.6. The van der Waals surface area contributed by atoms with Gasteiger partial charge < -0.3 is 4.74 Å². The van der Waals surface area contributed by atoms with Crippen LogP contribution in [0.2, 0.25) is 0 Å². The van der Waals surface area contributed by atoms with Crippen molar-refractivity contribution in [3.63, 3.8) is 0 Å². The first-order valence-corrected chi connectivity index (χ1v) is 8.28. The number of rotatable bonds is 4. The average Bonchev–Trinajstić information content (AvgIpc) is 3.47. The molecule has 3 nitrogen and oxygen atoms in total. The second-order valence-electron chi connectivity index (χ2n) is 6.20. The minimum Gasteiger partial charge on any atom is -0.437 e. The summed E-state index contributed by atoms with van der Waals surface area (Å²) in [5.74, 6) is 1.11. The van der Waals surface area contributed by atoms with Gasteiger partial charge in [-0.2, -0.15) is 13.2 Å². The Morgan fingerprint density at radius 2 is 1.65 bits per heavy atom. The highest BCUT2D eigenvalue weighted by Gasteiger charge is 2.32. The van der Waals surface area contributed by atoms with Gasteiger partial charge in [-0.05, 0) is 54.2 Å². The van der Waals surface area contributed by atoms with Gasteiger partial charge in [-0.1, -0.05) is 24.3 Å². The minimum absolute atomic E-state index is 0.210. The van der Waals surface area contributed by atoms with Crippen molar-refractivity contribution < 1.29 is 17.9 Å². The fraction of sp³-hybridized carbons (Fsp3) is 0.200. The Morgan fingerprint density at radius 3 is 2.35 bits per heavy atom. The van der Waals surface area contributed by atoms with Gasteiger partial charge in [0.05, 0.1) is 6.20 Å². The molecular formula is C20H15F3N2O. The lowest BCUT2D eigenvalue weighted by molar-refractivity contribution is -0.141. The Morgan fingerprint density at radius 1 is 0.885 bits per heavy atom. The van der Waals surface area contributed by atoms with Gasteiger partial charge in [-0.3, -0.25) is 0 Å². The van der Waals surface area contributed by atoms with Crippen LogP contribution in [-0.4, -0.2) is 9.97 Å². The molecule has 4 rings (SSSR count). The van der Waals surface area contributed by atoms with Crippen molar-refractivity contribution in [3.05, 3.63) is 72.2 Å². The highest BCUT2D eigenvalue weighted by atomic mass is 19.4. The van der Waals surface area contributed by atoms with Crippen molar-refractivity contribution in [3.8, 4) is 22.8 Å². The third-order valence-electron chi connectivity index (χ3n) is 4.28. The van der Waals surface area contributed by atoms with Crippen molar-refractivity contribution >= 4 is 0 Å². The molecule has 2 heterocycles. The van der Waals surface area contributed by atoms with E-state index in [4.69, 9.17) is 4.74 Å². The van der Waals surface area contributed by atoms with Crippen molar-refractivity contribution in [2.45, 2.75) is 24.9 Å². The number of aromatic nitrogens is 2. The summed E-state index contributed by atoms with van der Waals surface area (Å²) in [6.07, 6.45) is 0.509. The molecule has 0 unspecified atom stereocenters. The maximum absolute atomic E-state index is 12.6. The summed E-state index contributed by atoms with van der Waals surface area (Å²) >= 11 is 0. The van der Waals surface area contributed by atoms with Crippen LogP contribution in [0.1, 0.15) is 30.0 Å². The lowest BCUT2D eigenvalue weighted by Crippen LogP contribution is -2.07. The Labute approximate surface area is 148 Å². The van der Waals surface area contributed by atoms with Gasteiger partial charge >= 0.3 is 6.18 Å². The van der Waals surface area contributed by atoms with Gasteiger partial charge in [0.15, 0.2) is 0 Å². The van der Waals surface area contributed by atoms with Gasteiger partial charge in [0, 0.05) is 11.8 Å². The number of halogens is 3. The van der Waals surface area contributed by atoms with E-state index in [1.807, 2.05) is 30.3 Å². The van der Waals surface area contributed by atoms with E-state index < -0.39 is 11.9 Å². The van der Waals surface area contributed by atoms with Crippen LogP contribution >= 0.6 is 0 Å². The molecule has 6 heteroatoms. The molecular weight excluding hydrogens is 341 g/mol. The van der Waals surface area contributed by atoms with Gasteiger partial charge in [-0.15, -0.1) is 0 Å². The summed E-state index contributed by atoms with van der Waals surface area (Å²) in [6, 6.07) is 14.0.